The first-order chi connectivity index (χ1) is 8.36. The van der Waals surface area contributed by atoms with Crippen LogP contribution >= 0.6 is 11.8 Å². The molecule has 0 saturated heterocycles. The maximum absolute atomic E-state index is 12.1. The van der Waals surface area contributed by atoms with Gasteiger partial charge in [0.15, 0.2) is 0 Å². The van der Waals surface area contributed by atoms with E-state index in [0.717, 1.165) is 0 Å². The molecule has 1 aromatic carbocycles. The lowest BCUT2D eigenvalue weighted by Crippen LogP contribution is -2.30. The van der Waals surface area contributed by atoms with Gasteiger partial charge in [0.1, 0.15) is 0 Å². The first-order valence-corrected chi connectivity index (χ1v) is 8.12. The highest BCUT2D eigenvalue weighted by atomic mass is 32.2. The molecule has 1 atom stereocenters. The van der Waals surface area contributed by atoms with E-state index in [-0.39, 0.29) is 22.8 Å². The minimum absolute atomic E-state index is 0.0106. The van der Waals surface area contributed by atoms with E-state index in [4.69, 9.17) is 5.11 Å². The second-order valence-corrected chi connectivity index (χ2v) is 7.50. The van der Waals surface area contributed by atoms with Crippen LogP contribution in [0.5, 0.6) is 0 Å². The van der Waals surface area contributed by atoms with Crippen molar-refractivity contribution in [2.75, 3.05) is 6.61 Å². The Kier molecular flexibility index (Phi) is 5.65. The van der Waals surface area contributed by atoms with Crippen molar-refractivity contribution in [2.24, 2.45) is 0 Å². The second kappa shape index (κ2) is 6.56. The van der Waals surface area contributed by atoms with Gasteiger partial charge in [0.25, 0.3) is 0 Å². The Morgan fingerprint density at radius 2 is 1.89 bits per heavy atom. The molecule has 0 amide bonds. The summed E-state index contributed by atoms with van der Waals surface area (Å²) in [6, 6.07) is 6.68. The summed E-state index contributed by atoms with van der Waals surface area (Å²) in [6.07, 6.45) is 0. The van der Waals surface area contributed by atoms with Crippen molar-refractivity contribution in [1.82, 2.24) is 4.72 Å². The summed E-state index contributed by atoms with van der Waals surface area (Å²) in [6.45, 7) is 5.42. The van der Waals surface area contributed by atoms with E-state index in [1.807, 2.05) is 6.92 Å². The predicted molar refractivity (Wildman–Crippen MR) is 74.3 cm³/mol. The molecule has 1 unspecified atom stereocenters. The average molecular weight is 289 g/mol. The number of sulfonamides is 1. The summed E-state index contributed by atoms with van der Waals surface area (Å²) < 4.78 is 26.9. The first kappa shape index (κ1) is 15.5. The van der Waals surface area contributed by atoms with Crippen LogP contribution in [0.4, 0.5) is 0 Å². The lowest BCUT2D eigenvalue weighted by Gasteiger charge is -2.14. The Hall–Kier alpha value is -0.560. The van der Waals surface area contributed by atoms with Crippen LogP contribution in [0.1, 0.15) is 20.8 Å². The quantitative estimate of drug-likeness (QED) is 0.784. The zero-order valence-electron chi connectivity index (χ0n) is 10.8. The normalized spacial score (nSPS) is 13.8. The zero-order chi connectivity index (χ0) is 13.8. The van der Waals surface area contributed by atoms with Crippen LogP contribution in [-0.2, 0) is 10.0 Å². The van der Waals surface area contributed by atoms with Crippen molar-refractivity contribution in [3.05, 3.63) is 24.3 Å². The van der Waals surface area contributed by atoms with Crippen molar-refractivity contribution in [1.29, 1.82) is 0 Å². The molecule has 2 N–H and O–H groups in total. The summed E-state index contributed by atoms with van der Waals surface area (Å²) in [5, 5.41) is 9.01. The number of benzene rings is 1. The van der Waals surface area contributed by atoms with E-state index >= 15 is 0 Å². The van der Waals surface area contributed by atoms with Gasteiger partial charge in [0.2, 0.25) is 10.0 Å². The number of hydrogen-bond donors (Lipinski definition) is 2. The van der Waals surface area contributed by atoms with E-state index in [1.165, 1.54) is 11.8 Å². The molecule has 0 aliphatic rings. The van der Waals surface area contributed by atoms with E-state index in [1.54, 1.807) is 38.1 Å². The molecule has 0 aromatic heterocycles. The van der Waals surface area contributed by atoms with Gasteiger partial charge in [-0.3, -0.25) is 0 Å². The topological polar surface area (TPSA) is 66.4 Å². The molecule has 0 aliphatic carbocycles. The highest BCUT2D eigenvalue weighted by Crippen LogP contribution is 2.29. The molecule has 0 aliphatic heterocycles. The third-order valence-electron chi connectivity index (χ3n) is 2.11. The fraction of sp³-hybridized carbons (Fsp3) is 0.500. The Labute approximate surface area is 113 Å². The maximum atomic E-state index is 12.1. The monoisotopic (exact) mass is 289 g/mol. The SMILES string of the molecule is CC(C)NS(=O)(=O)c1ccccc1SC(C)CO. The van der Waals surface area contributed by atoms with E-state index < -0.39 is 10.0 Å². The number of thioether (sulfide) groups is 1. The average Bonchev–Trinajstić information content (AvgIpc) is 2.27. The van der Waals surface area contributed by atoms with Crippen LogP contribution in [0.2, 0.25) is 0 Å². The molecule has 0 saturated carbocycles. The van der Waals surface area contributed by atoms with Gasteiger partial charge in [0, 0.05) is 16.2 Å². The molecule has 4 nitrogen and oxygen atoms in total. The van der Waals surface area contributed by atoms with Gasteiger partial charge < -0.3 is 5.11 Å². The maximum Gasteiger partial charge on any atom is 0.241 e. The summed E-state index contributed by atoms with van der Waals surface area (Å²) in [4.78, 5) is 0.927. The van der Waals surface area contributed by atoms with Crippen LogP contribution in [0.15, 0.2) is 34.1 Å². The Morgan fingerprint density at radius 1 is 1.28 bits per heavy atom. The number of nitrogens with one attached hydrogen (secondary N) is 1. The van der Waals surface area contributed by atoms with Crippen LogP contribution in [0.25, 0.3) is 0 Å². The largest absolute Gasteiger partial charge is 0.395 e. The highest BCUT2D eigenvalue weighted by Gasteiger charge is 2.20. The number of rotatable bonds is 6. The van der Waals surface area contributed by atoms with Gasteiger partial charge in [-0.2, -0.15) is 0 Å². The minimum Gasteiger partial charge on any atom is -0.395 e. The first-order valence-electron chi connectivity index (χ1n) is 5.75. The van der Waals surface area contributed by atoms with Crippen LogP contribution in [0.3, 0.4) is 0 Å². The standard InChI is InChI=1S/C12H19NO3S2/c1-9(2)13-18(15,16)12-7-5-4-6-11(12)17-10(3)8-14/h4-7,9-10,13-14H,8H2,1-3H3. The molecule has 102 valence electrons. The molecule has 0 heterocycles. The minimum atomic E-state index is -3.50. The fourth-order valence-corrected chi connectivity index (χ4v) is 4.06. The lowest BCUT2D eigenvalue weighted by molar-refractivity contribution is 0.300. The molecular formula is C12H19NO3S2. The van der Waals surface area contributed by atoms with E-state index in [0.29, 0.717) is 4.90 Å². The molecule has 6 heteroatoms. The van der Waals surface area contributed by atoms with Gasteiger partial charge in [-0.15, -0.1) is 11.8 Å². The Bertz CT molecular complexity index is 486. The van der Waals surface area contributed by atoms with Gasteiger partial charge >= 0.3 is 0 Å². The Morgan fingerprint density at radius 3 is 2.44 bits per heavy atom. The van der Waals surface area contributed by atoms with Gasteiger partial charge in [-0.05, 0) is 26.0 Å². The number of aliphatic hydroxyl groups is 1. The van der Waals surface area contributed by atoms with Gasteiger partial charge in [-0.1, -0.05) is 19.1 Å². The molecule has 1 aromatic rings. The van der Waals surface area contributed by atoms with Crippen molar-refractivity contribution < 1.29 is 13.5 Å². The molecule has 18 heavy (non-hydrogen) atoms. The van der Waals surface area contributed by atoms with E-state index in [9.17, 15) is 8.42 Å². The zero-order valence-corrected chi connectivity index (χ0v) is 12.4. The number of aliphatic hydroxyl groups excluding tert-OH is 1. The van der Waals surface area contributed by atoms with Crippen LogP contribution < -0.4 is 4.72 Å². The summed E-state index contributed by atoms with van der Waals surface area (Å²) >= 11 is 1.35. The third-order valence-corrected chi connectivity index (χ3v) is 5.12. The molecule has 0 radical (unpaired) electrons. The summed E-state index contributed by atoms with van der Waals surface area (Å²) in [5.41, 5.74) is 0. The molecule has 0 spiro atoms. The summed E-state index contributed by atoms with van der Waals surface area (Å²) in [7, 11) is -3.50. The Balaban J connectivity index is 3.09. The fourth-order valence-electron chi connectivity index (χ4n) is 1.40. The van der Waals surface area contributed by atoms with Gasteiger partial charge in [0.05, 0.1) is 11.5 Å². The molecule has 0 bridgehead atoms. The third kappa shape index (κ3) is 4.28. The van der Waals surface area contributed by atoms with Crippen molar-refractivity contribution in [2.45, 2.75) is 41.9 Å². The molecule has 0 fully saturated rings. The molecular weight excluding hydrogens is 270 g/mol. The molecule has 1 rings (SSSR count). The number of hydrogen-bond acceptors (Lipinski definition) is 4. The van der Waals surface area contributed by atoms with Crippen molar-refractivity contribution in [3.8, 4) is 0 Å². The van der Waals surface area contributed by atoms with Gasteiger partial charge in [-0.25, -0.2) is 13.1 Å². The summed E-state index contributed by atoms with van der Waals surface area (Å²) in [5.74, 6) is 0. The van der Waals surface area contributed by atoms with Crippen LogP contribution in [-0.4, -0.2) is 31.4 Å². The smallest absolute Gasteiger partial charge is 0.241 e. The highest BCUT2D eigenvalue weighted by molar-refractivity contribution is 8.00. The van der Waals surface area contributed by atoms with Crippen molar-refractivity contribution >= 4 is 21.8 Å². The second-order valence-electron chi connectivity index (χ2n) is 4.33. The lowest BCUT2D eigenvalue weighted by atomic mass is 10.4. The predicted octanol–water partition coefficient (Wildman–Crippen LogP) is 1.85. The van der Waals surface area contributed by atoms with E-state index in [2.05, 4.69) is 4.72 Å². The van der Waals surface area contributed by atoms with Crippen LogP contribution in [0, 0.1) is 0 Å². The van der Waals surface area contributed by atoms with Crippen molar-refractivity contribution in [3.63, 3.8) is 0 Å².